The number of anilines is 2. The molecule has 3 amide bonds. The molecule has 8 heteroatoms. The van der Waals surface area contributed by atoms with E-state index in [-0.39, 0.29) is 17.7 Å². The Hall–Kier alpha value is -3.13. The third-order valence-electron chi connectivity index (χ3n) is 5.70. The summed E-state index contributed by atoms with van der Waals surface area (Å²) in [6.45, 7) is 6.14. The van der Waals surface area contributed by atoms with Crippen LogP contribution in [0.2, 0.25) is 0 Å². The SMILES string of the molecule is CCCCCCCCNC(=O)c1ccc(N2N=C(C)C(Sc3ccccc3NC(C)=O)C2=O)cc1. The van der Waals surface area contributed by atoms with Crippen molar-refractivity contribution in [1.82, 2.24) is 5.32 Å². The summed E-state index contributed by atoms with van der Waals surface area (Å²) in [4.78, 5) is 37.9. The van der Waals surface area contributed by atoms with Gasteiger partial charge in [-0.15, -0.1) is 11.8 Å². The molecule has 0 spiro atoms. The Morgan fingerprint density at radius 3 is 2.40 bits per heavy atom. The summed E-state index contributed by atoms with van der Waals surface area (Å²) in [5.74, 6) is -0.440. The highest BCUT2D eigenvalue weighted by atomic mass is 32.2. The van der Waals surface area contributed by atoms with E-state index in [9.17, 15) is 14.4 Å². The van der Waals surface area contributed by atoms with Gasteiger partial charge in [-0.2, -0.15) is 10.1 Å². The molecule has 1 aliphatic rings. The van der Waals surface area contributed by atoms with Gasteiger partial charge in [-0.1, -0.05) is 51.2 Å². The Morgan fingerprint density at radius 2 is 1.69 bits per heavy atom. The van der Waals surface area contributed by atoms with Crippen LogP contribution in [0.5, 0.6) is 0 Å². The zero-order valence-corrected chi connectivity index (χ0v) is 21.5. The maximum Gasteiger partial charge on any atom is 0.266 e. The second-order valence-corrected chi connectivity index (χ2v) is 9.78. The molecule has 0 saturated carbocycles. The molecule has 186 valence electrons. The van der Waals surface area contributed by atoms with Crippen molar-refractivity contribution in [2.75, 3.05) is 16.9 Å². The van der Waals surface area contributed by atoms with Gasteiger partial charge in [0.1, 0.15) is 5.25 Å². The predicted molar refractivity (Wildman–Crippen MR) is 143 cm³/mol. The van der Waals surface area contributed by atoms with Crippen molar-refractivity contribution in [3.63, 3.8) is 0 Å². The lowest BCUT2D eigenvalue weighted by atomic mass is 10.1. The number of benzene rings is 2. The summed E-state index contributed by atoms with van der Waals surface area (Å²) in [6.07, 6.45) is 7.07. The molecule has 0 bridgehead atoms. The number of carbonyl (C=O) groups excluding carboxylic acids is 3. The lowest BCUT2D eigenvalue weighted by Crippen LogP contribution is -2.29. The molecule has 3 rings (SSSR count). The number of amides is 3. The van der Waals surface area contributed by atoms with Gasteiger partial charge >= 0.3 is 0 Å². The number of rotatable bonds is 12. The fourth-order valence-electron chi connectivity index (χ4n) is 3.82. The summed E-state index contributed by atoms with van der Waals surface area (Å²) < 4.78 is 0. The van der Waals surface area contributed by atoms with Crippen molar-refractivity contribution < 1.29 is 14.4 Å². The van der Waals surface area contributed by atoms with Crippen molar-refractivity contribution in [2.24, 2.45) is 5.10 Å². The fourth-order valence-corrected chi connectivity index (χ4v) is 4.90. The van der Waals surface area contributed by atoms with E-state index in [1.165, 1.54) is 49.4 Å². The van der Waals surface area contributed by atoms with Gasteiger partial charge in [0.25, 0.3) is 11.8 Å². The standard InChI is InChI=1S/C27H34N4O3S/c1-4-5-6-7-8-11-18-28-26(33)21-14-16-22(17-15-21)31-27(34)25(19(2)30-31)35-24-13-10-9-12-23(24)29-20(3)32/h9-10,12-17,25H,4-8,11,18H2,1-3H3,(H,28,33)(H,29,32). The Morgan fingerprint density at radius 1 is 1.00 bits per heavy atom. The minimum absolute atomic E-state index is 0.111. The molecule has 0 fully saturated rings. The van der Waals surface area contributed by atoms with Crippen LogP contribution in [0, 0.1) is 0 Å². The number of carbonyl (C=O) groups is 3. The van der Waals surface area contributed by atoms with Crippen LogP contribution in [0.4, 0.5) is 11.4 Å². The van der Waals surface area contributed by atoms with Gasteiger partial charge in [-0.3, -0.25) is 14.4 Å². The van der Waals surface area contributed by atoms with Crippen molar-refractivity contribution in [1.29, 1.82) is 0 Å². The molecule has 2 aromatic rings. The normalized spacial score (nSPS) is 15.2. The maximum absolute atomic E-state index is 13.2. The van der Waals surface area contributed by atoms with E-state index >= 15 is 0 Å². The van der Waals surface area contributed by atoms with Crippen LogP contribution in [0.25, 0.3) is 0 Å². The Balaban J connectivity index is 1.57. The van der Waals surface area contributed by atoms with Crippen molar-refractivity contribution in [2.45, 2.75) is 69.4 Å². The molecule has 0 aliphatic carbocycles. The molecule has 1 aliphatic heterocycles. The van der Waals surface area contributed by atoms with Crippen LogP contribution >= 0.6 is 11.8 Å². The Kier molecular flexibility index (Phi) is 9.90. The first-order valence-corrected chi connectivity index (χ1v) is 13.1. The molecule has 1 unspecified atom stereocenters. The van der Waals surface area contributed by atoms with Crippen molar-refractivity contribution >= 4 is 46.6 Å². The summed E-state index contributed by atoms with van der Waals surface area (Å²) >= 11 is 1.36. The molecule has 1 heterocycles. The maximum atomic E-state index is 13.2. The van der Waals surface area contributed by atoms with Crippen LogP contribution < -0.4 is 15.6 Å². The largest absolute Gasteiger partial charge is 0.352 e. The highest BCUT2D eigenvalue weighted by Crippen LogP contribution is 2.35. The summed E-state index contributed by atoms with van der Waals surface area (Å²) in [6, 6.07) is 14.3. The van der Waals surface area contributed by atoms with E-state index in [0.29, 0.717) is 29.2 Å². The average molecular weight is 495 g/mol. The van der Waals surface area contributed by atoms with Crippen molar-refractivity contribution in [3.8, 4) is 0 Å². The molecule has 0 radical (unpaired) electrons. The molecular weight excluding hydrogens is 460 g/mol. The quantitative estimate of drug-likeness (QED) is 0.375. The fraction of sp³-hybridized carbons (Fsp3) is 0.407. The monoisotopic (exact) mass is 494 g/mol. The number of hydrogen-bond acceptors (Lipinski definition) is 5. The third kappa shape index (κ3) is 7.42. The van der Waals surface area contributed by atoms with E-state index < -0.39 is 5.25 Å². The average Bonchev–Trinajstić information content (AvgIpc) is 3.12. The smallest absolute Gasteiger partial charge is 0.266 e. The first-order valence-electron chi connectivity index (χ1n) is 12.2. The van der Waals surface area contributed by atoms with Crippen LogP contribution in [0.15, 0.2) is 58.5 Å². The zero-order valence-electron chi connectivity index (χ0n) is 20.7. The number of nitrogens with one attached hydrogen (secondary N) is 2. The third-order valence-corrected chi connectivity index (χ3v) is 7.09. The molecule has 1 atom stereocenters. The first kappa shape index (κ1) is 26.5. The Labute approximate surface area is 211 Å². The van der Waals surface area contributed by atoms with Gasteiger partial charge in [0.05, 0.1) is 17.1 Å². The number of unbranched alkanes of at least 4 members (excludes halogenated alkanes) is 5. The van der Waals surface area contributed by atoms with Gasteiger partial charge in [-0.05, 0) is 49.7 Å². The minimum Gasteiger partial charge on any atom is -0.352 e. The first-order chi connectivity index (χ1) is 16.9. The van der Waals surface area contributed by atoms with Gasteiger partial charge in [0, 0.05) is 23.9 Å². The van der Waals surface area contributed by atoms with Gasteiger partial charge in [0.15, 0.2) is 0 Å². The number of nitrogens with zero attached hydrogens (tertiary/aromatic N) is 2. The lowest BCUT2D eigenvalue weighted by molar-refractivity contribution is -0.116. The van der Waals surface area contributed by atoms with Gasteiger partial charge < -0.3 is 10.6 Å². The van der Waals surface area contributed by atoms with Crippen LogP contribution in [-0.2, 0) is 9.59 Å². The van der Waals surface area contributed by atoms with E-state index in [0.717, 1.165) is 17.7 Å². The van der Waals surface area contributed by atoms with E-state index in [1.807, 2.05) is 31.2 Å². The number of hydrazone groups is 1. The molecule has 0 aromatic heterocycles. The second-order valence-electron chi connectivity index (χ2n) is 8.64. The highest BCUT2D eigenvalue weighted by Gasteiger charge is 2.35. The minimum atomic E-state index is -0.495. The van der Waals surface area contributed by atoms with Gasteiger partial charge in [0.2, 0.25) is 5.91 Å². The molecule has 35 heavy (non-hydrogen) atoms. The van der Waals surface area contributed by atoms with Crippen LogP contribution in [0.3, 0.4) is 0 Å². The summed E-state index contributed by atoms with van der Waals surface area (Å²) in [7, 11) is 0. The molecule has 2 aromatic carbocycles. The summed E-state index contributed by atoms with van der Waals surface area (Å²) in [5, 5.41) is 11.1. The highest BCUT2D eigenvalue weighted by molar-refractivity contribution is 8.01. The van der Waals surface area contributed by atoms with E-state index in [2.05, 4.69) is 22.7 Å². The lowest BCUT2D eigenvalue weighted by Gasteiger charge is -2.16. The molecule has 7 nitrogen and oxygen atoms in total. The number of hydrogen-bond donors (Lipinski definition) is 2. The van der Waals surface area contributed by atoms with Crippen LogP contribution in [0.1, 0.15) is 69.7 Å². The second kappa shape index (κ2) is 13.1. The summed E-state index contributed by atoms with van der Waals surface area (Å²) in [5.41, 5.74) is 2.51. The topological polar surface area (TPSA) is 90.9 Å². The zero-order chi connectivity index (χ0) is 25.2. The molecular formula is C27H34N4O3S. The molecule has 2 N–H and O–H groups in total. The predicted octanol–water partition coefficient (Wildman–Crippen LogP) is 5.62. The van der Waals surface area contributed by atoms with Crippen molar-refractivity contribution in [3.05, 3.63) is 54.1 Å². The molecule has 0 saturated heterocycles. The number of para-hydroxylation sites is 1. The van der Waals surface area contributed by atoms with E-state index in [1.54, 1.807) is 24.3 Å². The van der Waals surface area contributed by atoms with Crippen LogP contribution in [-0.4, -0.2) is 35.2 Å². The number of thioether (sulfide) groups is 1. The Bertz CT molecular complexity index is 1070. The van der Waals surface area contributed by atoms with Gasteiger partial charge in [-0.25, -0.2) is 0 Å². The van der Waals surface area contributed by atoms with E-state index in [4.69, 9.17) is 0 Å².